The SMILES string of the molecule is O=C(NC(CO)c1ccccn1)c1ccc2cnc(NC3CCCCCC3)nc2c1. The Morgan fingerprint density at radius 3 is 2.67 bits per heavy atom. The summed E-state index contributed by atoms with van der Waals surface area (Å²) < 4.78 is 0. The number of anilines is 1. The highest BCUT2D eigenvalue weighted by Crippen LogP contribution is 2.21. The number of nitrogens with zero attached hydrogens (tertiary/aromatic N) is 3. The van der Waals surface area contributed by atoms with E-state index in [2.05, 4.69) is 25.6 Å². The Kier molecular flexibility index (Phi) is 6.49. The molecule has 1 atom stereocenters. The molecule has 1 fully saturated rings. The highest BCUT2D eigenvalue weighted by Gasteiger charge is 2.17. The molecule has 1 saturated carbocycles. The first-order chi connectivity index (χ1) is 14.7. The zero-order valence-corrected chi connectivity index (χ0v) is 16.9. The maximum Gasteiger partial charge on any atom is 0.251 e. The van der Waals surface area contributed by atoms with Crippen molar-refractivity contribution in [3.63, 3.8) is 0 Å². The Morgan fingerprint density at radius 1 is 1.10 bits per heavy atom. The quantitative estimate of drug-likeness (QED) is 0.542. The summed E-state index contributed by atoms with van der Waals surface area (Å²) in [5, 5.41) is 16.9. The number of nitrogens with one attached hydrogen (secondary N) is 2. The molecule has 1 aliphatic rings. The van der Waals surface area contributed by atoms with E-state index in [4.69, 9.17) is 0 Å². The van der Waals surface area contributed by atoms with Crippen molar-refractivity contribution in [2.45, 2.75) is 50.6 Å². The number of hydrogen-bond acceptors (Lipinski definition) is 6. The number of hydrogen-bond donors (Lipinski definition) is 3. The van der Waals surface area contributed by atoms with Gasteiger partial charge < -0.3 is 15.7 Å². The van der Waals surface area contributed by atoms with Crippen LogP contribution in [0.25, 0.3) is 10.9 Å². The first kappa shape index (κ1) is 20.2. The summed E-state index contributed by atoms with van der Waals surface area (Å²) in [6.07, 6.45) is 10.8. The topological polar surface area (TPSA) is 100 Å². The van der Waals surface area contributed by atoms with Gasteiger partial charge in [-0.2, -0.15) is 0 Å². The van der Waals surface area contributed by atoms with E-state index in [0.717, 1.165) is 18.2 Å². The van der Waals surface area contributed by atoms with E-state index in [1.54, 1.807) is 36.7 Å². The third-order valence-electron chi connectivity index (χ3n) is 5.57. The summed E-state index contributed by atoms with van der Waals surface area (Å²) in [6, 6.07) is 10.6. The monoisotopic (exact) mass is 405 g/mol. The summed E-state index contributed by atoms with van der Waals surface area (Å²) in [5.74, 6) is 0.326. The maximum absolute atomic E-state index is 12.8. The number of benzene rings is 1. The lowest BCUT2D eigenvalue weighted by atomic mass is 10.1. The molecule has 1 aliphatic carbocycles. The van der Waals surface area contributed by atoms with Gasteiger partial charge in [0.15, 0.2) is 0 Å². The molecule has 1 unspecified atom stereocenters. The second kappa shape index (κ2) is 9.63. The number of carbonyl (C=O) groups is 1. The molecule has 3 aromatic rings. The van der Waals surface area contributed by atoms with Crippen LogP contribution in [0.1, 0.15) is 60.6 Å². The molecule has 3 N–H and O–H groups in total. The van der Waals surface area contributed by atoms with Crippen molar-refractivity contribution < 1.29 is 9.90 Å². The molecular weight excluding hydrogens is 378 g/mol. The van der Waals surface area contributed by atoms with Crippen molar-refractivity contribution >= 4 is 22.8 Å². The predicted octanol–water partition coefficient (Wildman–Crippen LogP) is 3.62. The van der Waals surface area contributed by atoms with Crippen molar-refractivity contribution in [2.24, 2.45) is 0 Å². The summed E-state index contributed by atoms with van der Waals surface area (Å²) in [7, 11) is 0. The lowest BCUT2D eigenvalue weighted by molar-refractivity contribution is 0.0915. The van der Waals surface area contributed by atoms with Crippen LogP contribution >= 0.6 is 0 Å². The lowest BCUT2D eigenvalue weighted by Crippen LogP contribution is -2.31. The molecule has 4 rings (SSSR count). The summed E-state index contributed by atoms with van der Waals surface area (Å²) >= 11 is 0. The Hall–Kier alpha value is -3.06. The van der Waals surface area contributed by atoms with Gasteiger partial charge in [0.25, 0.3) is 5.91 Å². The van der Waals surface area contributed by atoms with E-state index < -0.39 is 6.04 Å². The molecule has 0 aliphatic heterocycles. The standard InChI is InChI=1S/C23H27N5O2/c29-15-21(19-9-5-6-12-24-19)27-22(30)16-10-11-17-14-25-23(28-20(17)13-16)26-18-7-3-1-2-4-8-18/h5-6,9-14,18,21,29H,1-4,7-8,15H2,(H,27,30)(H,25,26,28). The Bertz CT molecular complexity index is 987. The van der Waals surface area contributed by atoms with Crippen LogP contribution in [-0.4, -0.2) is 38.6 Å². The number of aliphatic hydroxyl groups excluding tert-OH is 1. The molecule has 1 amide bonds. The molecule has 0 spiro atoms. The van der Waals surface area contributed by atoms with Gasteiger partial charge in [0.05, 0.1) is 23.9 Å². The van der Waals surface area contributed by atoms with E-state index >= 15 is 0 Å². The summed E-state index contributed by atoms with van der Waals surface area (Å²) in [4.78, 5) is 26.1. The van der Waals surface area contributed by atoms with Crippen LogP contribution in [0, 0.1) is 0 Å². The number of pyridine rings is 1. The molecule has 7 nitrogen and oxygen atoms in total. The largest absolute Gasteiger partial charge is 0.394 e. The van der Waals surface area contributed by atoms with Crippen LogP contribution in [-0.2, 0) is 0 Å². The molecular formula is C23H27N5O2. The van der Waals surface area contributed by atoms with Crippen LogP contribution < -0.4 is 10.6 Å². The Morgan fingerprint density at radius 2 is 1.93 bits per heavy atom. The fourth-order valence-corrected chi connectivity index (χ4v) is 3.88. The maximum atomic E-state index is 12.8. The predicted molar refractivity (Wildman–Crippen MR) is 116 cm³/mol. The molecule has 2 aromatic heterocycles. The van der Waals surface area contributed by atoms with Crippen molar-refractivity contribution in [3.05, 3.63) is 60.0 Å². The minimum absolute atomic E-state index is 0.228. The summed E-state index contributed by atoms with van der Waals surface area (Å²) in [5.41, 5.74) is 1.81. The number of carbonyl (C=O) groups excluding carboxylic acids is 1. The number of aromatic nitrogens is 3. The van der Waals surface area contributed by atoms with Crippen molar-refractivity contribution in [3.8, 4) is 0 Å². The first-order valence-electron chi connectivity index (χ1n) is 10.6. The molecule has 1 aromatic carbocycles. The first-order valence-corrected chi connectivity index (χ1v) is 10.6. The minimum Gasteiger partial charge on any atom is -0.394 e. The van der Waals surface area contributed by atoms with E-state index in [-0.39, 0.29) is 12.5 Å². The minimum atomic E-state index is -0.563. The van der Waals surface area contributed by atoms with Crippen molar-refractivity contribution in [1.82, 2.24) is 20.3 Å². The molecule has 0 bridgehead atoms. The number of aliphatic hydroxyl groups is 1. The van der Waals surface area contributed by atoms with Gasteiger partial charge in [-0.15, -0.1) is 0 Å². The number of rotatable bonds is 6. The highest BCUT2D eigenvalue weighted by atomic mass is 16.3. The van der Waals surface area contributed by atoms with Gasteiger partial charge in [0, 0.05) is 29.4 Å². The van der Waals surface area contributed by atoms with Gasteiger partial charge >= 0.3 is 0 Å². The molecule has 30 heavy (non-hydrogen) atoms. The molecule has 7 heteroatoms. The van der Waals surface area contributed by atoms with Crippen LogP contribution in [0.15, 0.2) is 48.8 Å². The Balaban J connectivity index is 1.50. The van der Waals surface area contributed by atoms with Gasteiger partial charge in [-0.3, -0.25) is 9.78 Å². The normalized spacial score (nSPS) is 16.0. The fourth-order valence-electron chi connectivity index (χ4n) is 3.88. The van der Waals surface area contributed by atoms with E-state index in [0.29, 0.717) is 28.8 Å². The second-order valence-corrected chi connectivity index (χ2v) is 7.76. The smallest absolute Gasteiger partial charge is 0.251 e. The van der Waals surface area contributed by atoms with Gasteiger partial charge in [-0.1, -0.05) is 37.8 Å². The molecule has 156 valence electrons. The third kappa shape index (κ3) is 4.91. The van der Waals surface area contributed by atoms with Gasteiger partial charge in [0.2, 0.25) is 5.95 Å². The van der Waals surface area contributed by atoms with Crippen LogP contribution in [0.5, 0.6) is 0 Å². The van der Waals surface area contributed by atoms with Crippen LogP contribution in [0.4, 0.5) is 5.95 Å². The van der Waals surface area contributed by atoms with E-state index in [1.807, 2.05) is 12.1 Å². The fraction of sp³-hybridized carbons (Fsp3) is 0.391. The molecule has 0 saturated heterocycles. The van der Waals surface area contributed by atoms with E-state index in [1.165, 1.54) is 25.7 Å². The summed E-state index contributed by atoms with van der Waals surface area (Å²) in [6.45, 7) is -0.228. The van der Waals surface area contributed by atoms with Crippen molar-refractivity contribution in [1.29, 1.82) is 0 Å². The zero-order valence-electron chi connectivity index (χ0n) is 16.9. The number of fused-ring (bicyclic) bond motifs is 1. The van der Waals surface area contributed by atoms with Gasteiger partial charge in [0.1, 0.15) is 0 Å². The van der Waals surface area contributed by atoms with Crippen LogP contribution in [0.2, 0.25) is 0 Å². The third-order valence-corrected chi connectivity index (χ3v) is 5.57. The average Bonchev–Trinajstić information content (AvgIpc) is 3.06. The van der Waals surface area contributed by atoms with Crippen LogP contribution in [0.3, 0.4) is 0 Å². The van der Waals surface area contributed by atoms with E-state index in [9.17, 15) is 9.90 Å². The zero-order chi connectivity index (χ0) is 20.8. The van der Waals surface area contributed by atoms with Gasteiger partial charge in [-0.25, -0.2) is 9.97 Å². The molecule has 0 radical (unpaired) electrons. The van der Waals surface area contributed by atoms with Crippen molar-refractivity contribution in [2.75, 3.05) is 11.9 Å². The number of amides is 1. The second-order valence-electron chi connectivity index (χ2n) is 7.76. The Labute approximate surface area is 176 Å². The van der Waals surface area contributed by atoms with Gasteiger partial charge in [-0.05, 0) is 37.1 Å². The highest BCUT2D eigenvalue weighted by molar-refractivity contribution is 5.98. The lowest BCUT2D eigenvalue weighted by Gasteiger charge is -2.17. The molecule has 2 heterocycles. The average molecular weight is 406 g/mol.